The first-order valence-electron chi connectivity index (χ1n) is 9.96. The summed E-state index contributed by atoms with van der Waals surface area (Å²) in [6.07, 6.45) is 3.96. The summed E-state index contributed by atoms with van der Waals surface area (Å²) < 4.78 is 11.4. The van der Waals surface area contributed by atoms with E-state index in [4.69, 9.17) is 9.47 Å². The highest BCUT2D eigenvalue weighted by molar-refractivity contribution is 5.70. The maximum Gasteiger partial charge on any atom is 0.410 e. The molecule has 25 heavy (non-hydrogen) atoms. The van der Waals surface area contributed by atoms with Gasteiger partial charge in [0.1, 0.15) is 5.60 Å². The van der Waals surface area contributed by atoms with Crippen LogP contribution >= 0.6 is 0 Å². The van der Waals surface area contributed by atoms with E-state index in [9.17, 15) is 4.79 Å². The van der Waals surface area contributed by atoms with E-state index < -0.39 is 0 Å². The zero-order valence-corrected chi connectivity index (χ0v) is 16.2. The van der Waals surface area contributed by atoms with Crippen LogP contribution in [0.2, 0.25) is 0 Å². The molecular formula is C19H35N3O3. The second-order valence-corrected chi connectivity index (χ2v) is 8.54. The van der Waals surface area contributed by atoms with E-state index in [1.165, 1.54) is 0 Å². The fraction of sp³-hybridized carbons (Fsp3) is 0.947. The van der Waals surface area contributed by atoms with Gasteiger partial charge in [-0.25, -0.2) is 4.79 Å². The van der Waals surface area contributed by atoms with Crippen molar-refractivity contribution in [2.45, 2.75) is 51.2 Å². The molecule has 0 bridgehead atoms. The average Bonchev–Trinajstić information content (AvgIpc) is 3.17. The van der Waals surface area contributed by atoms with Gasteiger partial charge >= 0.3 is 6.09 Å². The van der Waals surface area contributed by atoms with E-state index >= 15 is 0 Å². The smallest absolute Gasteiger partial charge is 0.410 e. The van der Waals surface area contributed by atoms with Crippen molar-refractivity contribution in [3.05, 3.63) is 0 Å². The van der Waals surface area contributed by atoms with Gasteiger partial charge in [0.2, 0.25) is 0 Å². The fourth-order valence-electron chi connectivity index (χ4n) is 4.48. The maximum absolute atomic E-state index is 12.3. The number of piperidine rings is 1. The number of carbonyl (C=O) groups is 1. The summed E-state index contributed by atoms with van der Waals surface area (Å²) in [5.41, 5.74) is -0.239. The van der Waals surface area contributed by atoms with E-state index in [1.54, 1.807) is 0 Å². The molecule has 0 aromatic carbocycles. The monoisotopic (exact) mass is 353 g/mol. The molecule has 1 spiro atoms. The average molecular weight is 354 g/mol. The number of ether oxygens (including phenoxy) is 2. The number of hydrogen-bond acceptors (Lipinski definition) is 5. The number of amides is 1. The molecule has 0 aromatic heterocycles. The van der Waals surface area contributed by atoms with Crippen molar-refractivity contribution in [3.63, 3.8) is 0 Å². The molecule has 1 atom stereocenters. The molecular weight excluding hydrogens is 318 g/mol. The lowest BCUT2D eigenvalue weighted by molar-refractivity contribution is -0.0111. The van der Waals surface area contributed by atoms with Crippen LogP contribution in [0.1, 0.15) is 39.5 Å². The Balaban J connectivity index is 1.41. The summed E-state index contributed by atoms with van der Waals surface area (Å²) in [6.45, 7) is 12.0. The van der Waals surface area contributed by atoms with Crippen molar-refractivity contribution in [3.8, 4) is 0 Å². The van der Waals surface area contributed by atoms with E-state index in [0.717, 1.165) is 78.2 Å². The Morgan fingerprint density at radius 2 is 2.08 bits per heavy atom. The van der Waals surface area contributed by atoms with Gasteiger partial charge in [-0.15, -0.1) is 0 Å². The minimum Gasteiger partial charge on any atom is -0.441 e. The first-order chi connectivity index (χ1) is 12.0. The second kappa shape index (κ2) is 8.23. The summed E-state index contributed by atoms with van der Waals surface area (Å²) in [7, 11) is 2.16. The Bertz CT molecular complexity index is 443. The molecule has 0 saturated carbocycles. The van der Waals surface area contributed by atoms with Crippen LogP contribution < -0.4 is 0 Å². The van der Waals surface area contributed by atoms with E-state index in [0.29, 0.717) is 12.0 Å². The maximum atomic E-state index is 12.3. The van der Waals surface area contributed by atoms with Crippen LogP contribution in [0.3, 0.4) is 0 Å². The number of nitrogens with zero attached hydrogens (tertiary/aromatic N) is 3. The van der Waals surface area contributed by atoms with Crippen molar-refractivity contribution >= 4 is 6.09 Å². The first kappa shape index (κ1) is 18.9. The molecule has 1 amide bonds. The molecule has 0 N–H and O–H groups in total. The van der Waals surface area contributed by atoms with Gasteiger partial charge in [0, 0.05) is 51.7 Å². The highest BCUT2D eigenvalue weighted by atomic mass is 16.6. The Morgan fingerprint density at radius 1 is 1.32 bits per heavy atom. The predicted octanol–water partition coefficient (Wildman–Crippen LogP) is 2.04. The molecule has 3 rings (SSSR count). The molecule has 144 valence electrons. The third kappa shape index (κ3) is 4.86. The molecule has 3 fully saturated rings. The lowest BCUT2D eigenvalue weighted by atomic mass is 9.90. The Kier molecular flexibility index (Phi) is 6.23. The fourth-order valence-corrected chi connectivity index (χ4v) is 4.48. The molecule has 0 aromatic rings. The number of likely N-dealkylation sites (tertiary alicyclic amines) is 1. The first-order valence-corrected chi connectivity index (χ1v) is 9.96. The molecule has 3 heterocycles. The van der Waals surface area contributed by atoms with E-state index in [2.05, 4.69) is 30.7 Å². The van der Waals surface area contributed by atoms with Gasteiger partial charge in [-0.05, 0) is 32.4 Å². The topological polar surface area (TPSA) is 45.2 Å². The van der Waals surface area contributed by atoms with Crippen molar-refractivity contribution in [1.29, 1.82) is 0 Å². The third-order valence-corrected chi connectivity index (χ3v) is 5.82. The van der Waals surface area contributed by atoms with Crippen LogP contribution in [0.4, 0.5) is 4.79 Å². The lowest BCUT2D eigenvalue weighted by Crippen LogP contribution is -2.50. The van der Waals surface area contributed by atoms with Crippen molar-refractivity contribution in [2.24, 2.45) is 5.92 Å². The van der Waals surface area contributed by atoms with Crippen LogP contribution in [-0.4, -0.2) is 92.0 Å². The summed E-state index contributed by atoms with van der Waals surface area (Å²) in [5.74, 6) is 0.681. The molecule has 6 nitrogen and oxygen atoms in total. The van der Waals surface area contributed by atoms with Crippen molar-refractivity contribution in [2.75, 3.05) is 59.5 Å². The highest BCUT2D eigenvalue weighted by Crippen LogP contribution is 2.34. The molecule has 0 aliphatic carbocycles. The van der Waals surface area contributed by atoms with Crippen LogP contribution in [0, 0.1) is 5.92 Å². The SMILES string of the molecule is CC(C)CN(C)CCCN1CC2(CCN([C@H]3CCOC3)CC2)OC1=O. The largest absolute Gasteiger partial charge is 0.441 e. The Labute approximate surface area is 152 Å². The summed E-state index contributed by atoms with van der Waals surface area (Å²) >= 11 is 0. The minimum absolute atomic E-state index is 0.107. The van der Waals surface area contributed by atoms with Crippen LogP contribution in [-0.2, 0) is 9.47 Å². The van der Waals surface area contributed by atoms with Gasteiger partial charge in [-0.1, -0.05) is 13.8 Å². The number of rotatable bonds is 7. The third-order valence-electron chi connectivity index (χ3n) is 5.82. The standard InChI is InChI=1S/C19H35N3O3/c1-16(2)13-20(3)8-4-9-22-15-19(25-18(22)23)6-10-21(11-7-19)17-5-12-24-14-17/h16-17H,4-15H2,1-3H3/t17-/m0/s1. The molecule has 0 radical (unpaired) electrons. The molecule has 0 unspecified atom stereocenters. The highest BCUT2D eigenvalue weighted by Gasteiger charge is 2.47. The summed E-state index contributed by atoms with van der Waals surface area (Å²) in [6, 6.07) is 0.571. The van der Waals surface area contributed by atoms with E-state index in [1.807, 2.05) is 4.90 Å². The van der Waals surface area contributed by atoms with Gasteiger partial charge in [0.05, 0.1) is 13.2 Å². The van der Waals surface area contributed by atoms with Gasteiger partial charge in [-0.3, -0.25) is 4.90 Å². The quantitative estimate of drug-likeness (QED) is 0.701. The zero-order valence-electron chi connectivity index (χ0n) is 16.2. The Hall–Kier alpha value is -0.850. The zero-order chi connectivity index (χ0) is 17.9. The molecule has 3 saturated heterocycles. The number of hydrogen-bond donors (Lipinski definition) is 0. The van der Waals surface area contributed by atoms with Crippen molar-refractivity contribution < 1.29 is 14.3 Å². The van der Waals surface area contributed by atoms with Gasteiger partial charge in [0.25, 0.3) is 0 Å². The summed E-state index contributed by atoms with van der Waals surface area (Å²) in [4.78, 5) is 19.1. The summed E-state index contributed by atoms with van der Waals surface area (Å²) in [5, 5.41) is 0. The molecule has 6 heteroatoms. The van der Waals surface area contributed by atoms with Crippen molar-refractivity contribution in [1.82, 2.24) is 14.7 Å². The van der Waals surface area contributed by atoms with Crippen LogP contribution in [0.25, 0.3) is 0 Å². The van der Waals surface area contributed by atoms with Gasteiger partial charge in [0.15, 0.2) is 0 Å². The number of carbonyl (C=O) groups excluding carboxylic acids is 1. The van der Waals surface area contributed by atoms with Crippen LogP contribution in [0.5, 0.6) is 0 Å². The Morgan fingerprint density at radius 3 is 2.72 bits per heavy atom. The predicted molar refractivity (Wildman–Crippen MR) is 97.8 cm³/mol. The van der Waals surface area contributed by atoms with Gasteiger partial charge in [-0.2, -0.15) is 0 Å². The van der Waals surface area contributed by atoms with Crippen LogP contribution in [0.15, 0.2) is 0 Å². The normalized spacial score (nSPS) is 27.0. The molecule has 3 aliphatic rings. The van der Waals surface area contributed by atoms with E-state index in [-0.39, 0.29) is 11.7 Å². The lowest BCUT2D eigenvalue weighted by Gasteiger charge is -2.39. The minimum atomic E-state index is -0.239. The second-order valence-electron chi connectivity index (χ2n) is 8.54. The van der Waals surface area contributed by atoms with Gasteiger partial charge < -0.3 is 19.3 Å². The molecule has 3 aliphatic heterocycles.